The number of anilines is 1. The summed E-state index contributed by atoms with van der Waals surface area (Å²) < 4.78 is 21.2. The molecule has 0 saturated carbocycles. The fourth-order valence-electron chi connectivity index (χ4n) is 6.10. The monoisotopic (exact) mass is 506 g/mol. The number of nitrogens with zero attached hydrogens (tertiary/aromatic N) is 4. The molecule has 2 N–H and O–H groups in total. The van der Waals surface area contributed by atoms with Gasteiger partial charge in [-0.1, -0.05) is 0 Å². The van der Waals surface area contributed by atoms with E-state index in [1.54, 1.807) is 17.4 Å². The van der Waals surface area contributed by atoms with Crippen molar-refractivity contribution < 1.29 is 9.13 Å². The predicted octanol–water partition coefficient (Wildman–Crippen LogP) is 4.39. The Kier molecular flexibility index (Phi) is 5.69. The molecule has 0 bridgehead atoms. The minimum atomic E-state index is -0.289. The SMILES string of the molecule is Fc1cc(-c2nc(N3CCOCC3)c3sc(CN4CCC5(CCNC5)CC4)cc3n2)c2cc[nH]c2c1. The molecule has 0 unspecified atom stereocenters. The molecule has 9 heteroatoms. The van der Waals surface area contributed by atoms with Crippen LogP contribution in [0.4, 0.5) is 10.2 Å². The van der Waals surface area contributed by atoms with Crippen LogP contribution in [0.3, 0.4) is 0 Å². The highest BCUT2D eigenvalue weighted by atomic mass is 32.1. The Balaban J connectivity index is 1.25. The van der Waals surface area contributed by atoms with Crippen LogP contribution >= 0.6 is 11.3 Å². The first-order valence-electron chi connectivity index (χ1n) is 13.0. The Bertz CT molecular complexity index is 1390. The molecule has 3 saturated heterocycles. The maximum atomic E-state index is 14.5. The number of morpholine rings is 1. The van der Waals surface area contributed by atoms with Crippen molar-refractivity contribution >= 4 is 38.3 Å². The Labute approximate surface area is 213 Å². The Morgan fingerprint density at radius 1 is 1.06 bits per heavy atom. The van der Waals surface area contributed by atoms with Gasteiger partial charge in [-0.05, 0) is 68.6 Å². The number of halogens is 1. The van der Waals surface area contributed by atoms with Gasteiger partial charge in [0.2, 0.25) is 0 Å². The molecular weight excluding hydrogens is 475 g/mol. The van der Waals surface area contributed by atoms with Crippen molar-refractivity contribution in [1.29, 1.82) is 0 Å². The first kappa shape index (κ1) is 22.6. The summed E-state index contributed by atoms with van der Waals surface area (Å²) in [5.74, 6) is 1.23. The van der Waals surface area contributed by atoms with Gasteiger partial charge in [0.15, 0.2) is 11.6 Å². The van der Waals surface area contributed by atoms with E-state index < -0.39 is 0 Å². The van der Waals surface area contributed by atoms with Crippen molar-refractivity contribution in [3.05, 3.63) is 41.2 Å². The number of ether oxygens (including phenoxy) is 1. The summed E-state index contributed by atoms with van der Waals surface area (Å²) in [6, 6.07) is 7.26. The molecule has 7 nitrogen and oxygen atoms in total. The highest BCUT2D eigenvalue weighted by molar-refractivity contribution is 7.19. The van der Waals surface area contributed by atoms with Gasteiger partial charge in [0.1, 0.15) is 5.82 Å². The second-order valence-electron chi connectivity index (χ2n) is 10.5. The maximum Gasteiger partial charge on any atom is 0.163 e. The molecule has 0 atom stereocenters. The van der Waals surface area contributed by atoms with Crippen LogP contribution in [-0.2, 0) is 11.3 Å². The van der Waals surface area contributed by atoms with Gasteiger partial charge in [-0.3, -0.25) is 4.90 Å². The molecule has 0 aliphatic carbocycles. The predicted molar refractivity (Wildman–Crippen MR) is 142 cm³/mol. The fourth-order valence-corrected chi connectivity index (χ4v) is 7.25. The van der Waals surface area contributed by atoms with E-state index in [9.17, 15) is 4.39 Å². The Hall–Kier alpha value is -2.59. The average molecular weight is 507 g/mol. The molecule has 188 valence electrons. The van der Waals surface area contributed by atoms with E-state index in [2.05, 4.69) is 26.2 Å². The lowest BCUT2D eigenvalue weighted by atomic mass is 9.78. The number of hydrogen-bond acceptors (Lipinski definition) is 7. The molecule has 3 aliphatic rings. The van der Waals surface area contributed by atoms with Crippen molar-refractivity contribution in [2.24, 2.45) is 5.41 Å². The maximum absolute atomic E-state index is 14.5. The minimum Gasteiger partial charge on any atom is -0.378 e. The molecule has 3 aromatic heterocycles. The van der Waals surface area contributed by atoms with Crippen LogP contribution in [0.15, 0.2) is 30.5 Å². The van der Waals surface area contributed by atoms with Crippen LogP contribution in [0, 0.1) is 11.2 Å². The van der Waals surface area contributed by atoms with Crippen molar-refractivity contribution in [1.82, 2.24) is 25.2 Å². The summed E-state index contributed by atoms with van der Waals surface area (Å²) in [5.41, 5.74) is 2.95. The summed E-state index contributed by atoms with van der Waals surface area (Å²) >= 11 is 1.81. The quantitative estimate of drug-likeness (QED) is 0.428. The van der Waals surface area contributed by atoms with Crippen LogP contribution in [0.1, 0.15) is 24.1 Å². The van der Waals surface area contributed by atoms with Crippen molar-refractivity contribution in [3.8, 4) is 11.4 Å². The molecule has 6 heterocycles. The third-order valence-corrected chi connectivity index (χ3v) is 9.32. The lowest BCUT2D eigenvalue weighted by Gasteiger charge is -2.38. The van der Waals surface area contributed by atoms with Gasteiger partial charge in [-0.15, -0.1) is 11.3 Å². The number of aromatic nitrogens is 3. The minimum absolute atomic E-state index is 0.289. The number of H-pyrrole nitrogens is 1. The third kappa shape index (κ3) is 4.08. The van der Waals surface area contributed by atoms with Gasteiger partial charge in [0.25, 0.3) is 0 Å². The molecule has 36 heavy (non-hydrogen) atoms. The zero-order valence-electron chi connectivity index (χ0n) is 20.4. The smallest absolute Gasteiger partial charge is 0.163 e. The zero-order chi connectivity index (χ0) is 24.1. The van der Waals surface area contributed by atoms with E-state index in [0.717, 1.165) is 65.2 Å². The number of benzene rings is 1. The fraction of sp³-hybridized carbons (Fsp3) is 0.481. The number of nitrogens with one attached hydrogen (secondary N) is 2. The molecule has 7 rings (SSSR count). The van der Waals surface area contributed by atoms with Crippen LogP contribution < -0.4 is 10.2 Å². The largest absolute Gasteiger partial charge is 0.378 e. The normalized spacial score (nSPS) is 20.8. The molecule has 1 spiro atoms. The summed E-state index contributed by atoms with van der Waals surface area (Å²) in [4.78, 5) is 19.3. The molecular formula is C27H31FN6OS. The number of piperidine rings is 1. The van der Waals surface area contributed by atoms with Gasteiger partial charge in [0, 0.05) is 53.7 Å². The Morgan fingerprint density at radius 3 is 2.72 bits per heavy atom. The number of thiophene rings is 1. The first-order chi connectivity index (χ1) is 17.7. The zero-order valence-corrected chi connectivity index (χ0v) is 21.2. The van der Waals surface area contributed by atoms with Crippen LogP contribution in [-0.4, -0.2) is 72.3 Å². The third-order valence-electron chi connectivity index (χ3n) is 8.22. The lowest BCUT2D eigenvalue weighted by Crippen LogP contribution is -2.40. The average Bonchev–Trinajstić information content (AvgIpc) is 3.65. The summed E-state index contributed by atoms with van der Waals surface area (Å²) in [6.07, 6.45) is 5.71. The number of hydrogen-bond donors (Lipinski definition) is 2. The molecule has 0 amide bonds. The number of likely N-dealkylation sites (tertiary alicyclic amines) is 1. The second kappa shape index (κ2) is 9.06. The topological polar surface area (TPSA) is 69.3 Å². The van der Waals surface area contributed by atoms with E-state index in [1.807, 2.05) is 12.3 Å². The summed E-state index contributed by atoms with van der Waals surface area (Å²) in [6.45, 7) is 8.56. The first-order valence-corrected chi connectivity index (χ1v) is 13.8. The second-order valence-corrected chi connectivity index (χ2v) is 11.6. The van der Waals surface area contributed by atoms with Crippen LogP contribution in [0.5, 0.6) is 0 Å². The number of rotatable bonds is 4. The highest BCUT2D eigenvalue weighted by Gasteiger charge is 2.37. The summed E-state index contributed by atoms with van der Waals surface area (Å²) in [5, 5.41) is 4.50. The van der Waals surface area contributed by atoms with E-state index in [0.29, 0.717) is 24.5 Å². The van der Waals surface area contributed by atoms with Gasteiger partial charge < -0.3 is 19.9 Å². The van der Waals surface area contributed by atoms with Gasteiger partial charge in [0.05, 0.1) is 23.4 Å². The Morgan fingerprint density at radius 2 is 1.92 bits per heavy atom. The highest BCUT2D eigenvalue weighted by Crippen LogP contribution is 2.39. The van der Waals surface area contributed by atoms with Crippen LogP contribution in [0.25, 0.3) is 32.5 Å². The van der Waals surface area contributed by atoms with Gasteiger partial charge >= 0.3 is 0 Å². The number of fused-ring (bicyclic) bond motifs is 2. The van der Waals surface area contributed by atoms with E-state index >= 15 is 0 Å². The summed E-state index contributed by atoms with van der Waals surface area (Å²) in [7, 11) is 0. The van der Waals surface area contributed by atoms with E-state index in [1.165, 1.54) is 43.3 Å². The molecule has 3 aliphatic heterocycles. The van der Waals surface area contributed by atoms with E-state index in [-0.39, 0.29) is 5.82 Å². The molecule has 1 aromatic carbocycles. The lowest BCUT2D eigenvalue weighted by molar-refractivity contribution is 0.114. The van der Waals surface area contributed by atoms with Crippen molar-refractivity contribution in [2.75, 3.05) is 57.4 Å². The number of aromatic amines is 1. The van der Waals surface area contributed by atoms with E-state index in [4.69, 9.17) is 14.7 Å². The molecule has 4 aromatic rings. The van der Waals surface area contributed by atoms with Gasteiger partial charge in [-0.25, -0.2) is 14.4 Å². The van der Waals surface area contributed by atoms with Crippen molar-refractivity contribution in [2.45, 2.75) is 25.8 Å². The standard InChI is InChI=1S/C27H31FN6OS/c28-18-13-21(20-1-5-30-22(20)14-18)25-31-23-15-19(16-33-7-3-27(4-8-33)2-6-29-17-27)36-24(23)26(32-25)34-9-11-35-12-10-34/h1,5,13-15,29-30H,2-4,6-12,16-17H2. The molecule has 3 fully saturated rings. The molecule has 0 radical (unpaired) electrons. The van der Waals surface area contributed by atoms with Gasteiger partial charge in [-0.2, -0.15) is 0 Å². The van der Waals surface area contributed by atoms with Crippen LogP contribution in [0.2, 0.25) is 0 Å². The van der Waals surface area contributed by atoms with Crippen molar-refractivity contribution in [3.63, 3.8) is 0 Å².